The molecule has 0 heterocycles. The number of carbonyl (C=O) groups is 3. The van der Waals surface area contributed by atoms with Gasteiger partial charge >= 0.3 is 17.8 Å². The highest BCUT2D eigenvalue weighted by Gasteiger charge is 2.15. The Morgan fingerprint density at radius 1 is 1.35 bits per heavy atom. The number of hydrogen-bond acceptors (Lipinski definition) is 4. The Morgan fingerprint density at radius 2 is 2.00 bits per heavy atom. The SMILES string of the molecule is COC(=O)c1ccc(Cl)c(NC(=O)C(=O)O)c1. The third-order valence-corrected chi connectivity index (χ3v) is 2.16. The molecule has 1 aromatic rings. The molecule has 0 saturated carbocycles. The minimum absolute atomic E-state index is 0.0296. The molecule has 0 aliphatic carbocycles. The van der Waals surface area contributed by atoms with Crippen LogP contribution in [0.5, 0.6) is 0 Å². The fourth-order valence-electron chi connectivity index (χ4n) is 1.04. The number of carboxylic acid groups (broad SMARTS) is 1. The Kier molecular flexibility index (Phi) is 4.06. The minimum Gasteiger partial charge on any atom is -0.474 e. The van der Waals surface area contributed by atoms with Crippen LogP contribution in [-0.4, -0.2) is 30.1 Å². The first-order valence-corrected chi connectivity index (χ1v) is 4.75. The van der Waals surface area contributed by atoms with Gasteiger partial charge in [-0.3, -0.25) is 4.79 Å². The first kappa shape index (κ1) is 13.0. The van der Waals surface area contributed by atoms with E-state index >= 15 is 0 Å². The molecule has 0 saturated heterocycles. The molecule has 7 heteroatoms. The summed E-state index contributed by atoms with van der Waals surface area (Å²) in [7, 11) is 1.20. The van der Waals surface area contributed by atoms with Gasteiger partial charge in [0.25, 0.3) is 0 Å². The average Bonchev–Trinajstić information content (AvgIpc) is 2.30. The zero-order valence-electron chi connectivity index (χ0n) is 8.69. The standard InChI is InChI=1S/C10H8ClNO5/c1-17-10(16)5-2-3-6(11)7(4-5)12-8(13)9(14)15/h2-4H,1H3,(H,12,13)(H,14,15). The van der Waals surface area contributed by atoms with Gasteiger partial charge in [0.15, 0.2) is 0 Å². The Bertz CT molecular complexity index is 486. The van der Waals surface area contributed by atoms with Crippen LogP contribution in [0.1, 0.15) is 10.4 Å². The van der Waals surface area contributed by atoms with E-state index in [0.717, 1.165) is 0 Å². The van der Waals surface area contributed by atoms with Crippen molar-refractivity contribution in [2.24, 2.45) is 0 Å². The number of methoxy groups -OCH3 is 1. The summed E-state index contributed by atoms with van der Waals surface area (Å²) in [5.41, 5.74) is 0.180. The van der Waals surface area contributed by atoms with Crippen LogP contribution in [-0.2, 0) is 14.3 Å². The summed E-state index contributed by atoms with van der Waals surface area (Å²) < 4.78 is 4.47. The van der Waals surface area contributed by atoms with Crippen molar-refractivity contribution >= 4 is 35.1 Å². The summed E-state index contributed by atoms with van der Waals surface area (Å²) in [6.07, 6.45) is 0. The van der Waals surface area contributed by atoms with Crippen molar-refractivity contribution < 1.29 is 24.2 Å². The molecule has 0 unspecified atom stereocenters. The normalized spacial score (nSPS) is 9.53. The predicted octanol–water partition coefficient (Wildman–Crippen LogP) is 1.15. The maximum atomic E-state index is 11.2. The summed E-state index contributed by atoms with van der Waals surface area (Å²) in [6, 6.07) is 3.98. The van der Waals surface area contributed by atoms with Crippen LogP contribution in [0.3, 0.4) is 0 Å². The van der Waals surface area contributed by atoms with Crippen molar-refractivity contribution in [3.05, 3.63) is 28.8 Å². The lowest BCUT2D eigenvalue weighted by Crippen LogP contribution is -2.22. The fraction of sp³-hybridized carbons (Fsp3) is 0.100. The van der Waals surface area contributed by atoms with Gasteiger partial charge in [0.05, 0.1) is 23.4 Å². The van der Waals surface area contributed by atoms with Gasteiger partial charge in [0, 0.05) is 0 Å². The van der Waals surface area contributed by atoms with Gasteiger partial charge in [-0.15, -0.1) is 0 Å². The molecule has 0 spiro atoms. The van der Waals surface area contributed by atoms with E-state index in [1.54, 1.807) is 0 Å². The van der Waals surface area contributed by atoms with E-state index in [-0.39, 0.29) is 16.3 Å². The molecule has 0 aromatic heterocycles. The quantitative estimate of drug-likeness (QED) is 0.612. The third-order valence-electron chi connectivity index (χ3n) is 1.83. The first-order valence-electron chi connectivity index (χ1n) is 4.38. The molecule has 17 heavy (non-hydrogen) atoms. The zero-order chi connectivity index (χ0) is 13.0. The summed E-state index contributed by atoms with van der Waals surface area (Å²) in [5, 5.41) is 10.6. The number of benzene rings is 1. The van der Waals surface area contributed by atoms with E-state index in [1.165, 1.54) is 25.3 Å². The number of aliphatic carboxylic acids is 1. The molecular formula is C10H8ClNO5. The van der Waals surface area contributed by atoms with Crippen molar-refractivity contribution in [1.29, 1.82) is 0 Å². The monoisotopic (exact) mass is 257 g/mol. The molecule has 90 valence electrons. The molecule has 6 nitrogen and oxygen atoms in total. The number of hydrogen-bond donors (Lipinski definition) is 2. The molecule has 0 aliphatic heterocycles. The Morgan fingerprint density at radius 3 is 2.53 bits per heavy atom. The summed E-state index contributed by atoms with van der Waals surface area (Å²) in [5.74, 6) is -3.51. The van der Waals surface area contributed by atoms with Crippen LogP contribution in [0.25, 0.3) is 0 Å². The van der Waals surface area contributed by atoms with Gasteiger partial charge in [-0.05, 0) is 18.2 Å². The third kappa shape index (κ3) is 3.18. The van der Waals surface area contributed by atoms with Crippen molar-refractivity contribution in [2.75, 3.05) is 12.4 Å². The number of anilines is 1. The summed E-state index contributed by atoms with van der Waals surface area (Å²) in [6.45, 7) is 0. The average molecular weight is 258 g/mol. The molecule has 0 fully saturated rings. The second kappa shape index (κ2) is 5.31. The van der Waals surface area contributed by atoms with Crippen LogP contribution in [0.4, 0.5) is 5.69 Å². The Labute approximate surface area is 101 Å². The van der Waals surface area contributed by atoms with E-state index in [0.29, 0.717) is 0 Å². The topological polar surface area (TPSA) is 92.7 Å². The van der Waals surface area contributed by atoms with Crippen molar-refractivity contribution in [2.45, 2.75) is 0 Å². The van der Waals surface area contributed by atoms with Crippen LogP contribution in [0, 0.1) is 0 Å². The lowest BCUT2D eigenvalue weighted by Gasteiger charge is -2.06. The van der Waals surface area contributed by atoms with E-state index in [2.05, 4.69) is 10.1 Å². The van der Waals surface area contributed by atoms with E-state index in [1.807, 2.05) is 0 Å². The fourth-order valence-corrected chi connectivity index (χ4v) is 1.21. The molecule has 1 amide bonds. The Balaban J connectivity index is 3.02. The molecule has 0 aliphatic rings. The smallest absolute Gasteiger partial charge is 0.394 e. The number of esters is 1. The van der Waals surface area contributed by atoms with Crippen LogP contribution in [0.15, 0.2) is 18.2 Å². The highest BCUT2D eigenvalue weighted by Crippen LogP contribution is 2.23. The van der Waals surface area contributed by atoms with E-state index in [9.17, 15) is 14.4 Å². The highest BCUT2D eigenvalue weighted by molar-refractivity contribution is 6.39. The molecule has 0 radical (unpaired) electrons. The van der Waals surface area contributed by atoms with Crippen LogP contribution < -0.4 is 5.32 Å². The van der Waals surface area contributed by atoms with Gasteiger partial charge in [-0.2, -0.15) is 0 Å². The number of carbonyl (C=O) groups excluding carboxylic acids is 2. The summed E-state index contributed by atoms with van der Waals surface area (Å²) >= 11 is 5.73. The van der Waals surface area contributed by atoms with E-state index < -0.39 is 17.8 Å². The van der Waals surface area contributed by atoms with Crippen molar-refractivity contribution in [3.8, 4) is 0 Å². The van der Waals surface area contributed by atoms with Crippen LogP contribution in [0.2, 0.25) is 5.02 Å². The first-order chi connectivity index (χ1) is 7.95. The second-order valence-electron chi connectivity index (χ2n) is 2.95. The predicted molar refractivity (Wildman–Crippen MR) is 59.1 cm³/mol. The summed E-state index contributed by atoms with van der Waals surface area (Å²) in [4.78, 5) is 32.5. The second-order valence-corrected chi connectivity index (χ2v) is 3.35. The number of ether oxygens (including phenoxy) is 1. The zero-order valence-corrected chi connectivity index (χ0v) is 9.45. The number of nitrogens with one attached hydrogen (secondary N) is 1. The van der Waals surface area contributed by atoms with E-state index in [4.69, 9.17) is 16.7 Å². The number of carboxylic acids is 1. The van der Waals surface area contributed by atoms with Gasteiger partial charge in [-0.25, -0.2) is 9.59 Å². The van der Waals surface area contributed by atoms with Crippen molar-refractivity contribution in [3.63, 3.8) is 0 Å². The largest absolute Gasteiger partial charge is 0.474 e. The van der Waals surface area contributed by atoms with Gasteiger partial charge in [0.2, 0.25) is 0 Å². The van der Waals surface area contributed by atoms with Crippen molar-refractivity contribution in [1.82, 2.24) is 0 Å². The lowest BCUT2D eigenvalue weighted by atomic mass is 10.2. The molecule has 0 bridgehead atoms. The maximum absolute atomic E-state index is 11.2. The van der Waals surface area contributed by atoms with Gasteiger partial charge in [0.1, 0.15) is 0 Å². The maximum Gasteiger partial charge on any atom is 0.394 e. The van der Waals surface area contributed by atoms with Gasteiger partial charge in [-0.1, -0.05) is 11.6 Å². The molecule has 1 rings (SSSR count). The highest BCUT2D eigenvalue weighted by atomic mass is 35.5. The molecule has 0 atom stereocenters. The molecular weight excluding hydrogens is 250 g/mol. The minimum atomic E-state index is -1.65. The Hall–Kier alpha value is -2.08. The lowest BCUT2D eigenvalue weighted by molar-refractivity contribution is -0.147. The van der Waals surface area contributed by atoms with Gasteiger partial charge < -0.3 is 15.2 Å². The number of rotatable bonds is 2. The molecule has 1 aromatic carbocycles. The number of amides is 1. The molecule has 2 N–H and O–H groups in total. The number of halogens is 1. The van der Waals surface area contributed by atoms with Crippen LogP contribution >= 0.6 is 11.6 Å².